The molecule has 0 spiro atoms. The highest BCUT2D eigenvalue weighted by atomic mass is 32.1. The van der Waals surface area contributed by atoms with E-state index < -0.39 is 0 Å². The van der Waals surface area contributed by atoms with Crippen LogP contribution < -0.4 is 10.6 Å². The molecule has 0 saturated heterocycles. The maximum Gasteiger partial charge on any atom is 0.251 e. The van der Waals surface area contributed by atoms with Crippen LogP contribution in [0.25, 0.3) is 10.2 Å². The highest BCUT2D eigenvalue weighted by molar-refractivity contribution is 7.16. The van der Waals surface area contributed by atoms with Gasteiger partial charge in [0.25, 0.3) is 5.91 Å². The van der Waals surface area contributed by atoms with Crippen molar-refractivity contribution >= 4 is 27.5 Å². The number of thiazole rings is 1. The van der Waals surface area contributed by atoms with Crippen LogP contribution in [0.3, 0.4) is 0 Å². The van der Waals surface area contributed by atoms with Gasteiger partial charge in [0.2, 0.25) is 0 Å². The molecule has 5 heteroatoms. The zero-order valence-electron chi connectivity index (χ0n) is 12.8. The van der Waals surface area contributed by atoms with Gasteiger partial charge in [0.05, 0.1) is 15.7 Å². The van der Waals surface area contributed by atoms with Gasteiger partial charge in [-0.05, 0) is 31.0 Å². The standard InChI is InChI=1S/C17H23N3OS/c21-17(13-7-8-15-16(11-13)22-12-20-15)19-10-9-18-14-5-3-1-2-4-6-14/h7-8,11-12,14,18H,1-6,9-10H2,(H,19,21). The Labute approximate surface area is 135 Å². The van der Waals surface area contributed by atoms with Crippen LogP contribution in [0.5, 0.6) is 0 Å². The highest BCUT2D eigenvalue weighted by Crippen LogP contribution is 2.19. The van der Waals surface area contributed by atoms with Gasteiger partial charge in [0.15, 0.2) is 0 Å². The molecule has 1 fully saturated rings. The van der Waals surface area contributed by atoms with Gasteiger partial charge in [-0.2, -0.15) is 0 Å². The molecule has 2 aromatic rings. The Morgan fingerprint density at radius 1 is 1.18 bits per heavy atom. The van der Waals surface area contributed by atoms with Crippen LogP contribution in [-0.4, -0.2) is 30.0 Å². The molecule has 1 aromatic heterocycles. The zero-order chi connectivity index (χ0) is 15.2. The molecule has 118 valence electrons. The number of nitrogens with one attached hydrogen (secondary N) is 2. The lowest BCUT2D eigenvalue weighted by Gasteiger charge is -2.16. The van der Waals surface area contributed by atoms with E-state index in [2.05, 4.69) is 15.6 Å². The molecule has 4 nitrogen and oxygen atoms in total. The minimum atomic E-state index is -0.00188. The third-order valence-electron chi connectivity index (χ3n) is 4.29. The molecule has 22 heavy (non-hydrogen) atoms. The van der Waals surface area contributed by atoms with E-state index in [9.17, 15) is 4.79 Å². The van der Waals surface area contributed by atoms with E-state index in [4.69, 9.17) is 0 Å². The molecule has 2 N–H and O–H groups in total. The van der Waals surface area contributed by atoms with Crippen molar-refractivity contribution in [1.82, 2.24) is 15.6 Å². The molecule has 1 aromatic carbocycles. The molecule has 0 bridgehead atoms. The topological polar surface area (TPSA) is 54.0 Å². The third kappa shape index (κ3) is 4.05. The van der Waals surface area contributed by atoms with Gasteiger partial charge in [-0.15, -0.1) is 11.3 Å². The fourth-order valence-electron chi connectivity index (χ4n) is 3.03. The van der Waals surface area contributed by atoms with Crippen molar-refractivity contribution in [3.63, 3.8) is 0 Å². The highest BCUT2D eigenvalue weighted by Gasteiger charge is 2.11. The number of fused-ring (bicyclic) bond motifs is 1. The van der Waals surface area contributed by atoms with Crippen molar-refractivity contribution in [2.24, 2.45) is 0 Å². The molecule has 3 rings (SSSR count). The Hall–Kier alpha value is -1.46. The molecule has 0 atom stereocenters. The number of rotatable bonds is 5. The van der Waals surface area contributed by atoms with Crippen molar-refractivity contribution in [2.45, 2.75) is 44.6 Å². The zero-order valence-corrected chi connectivity index (χ0v) is 13.6. The number of amides is 1. The number of hydrogen-bond donors (Lipinski definition) is 2. The number of nitrogens with zero attached hydrogens (tertiary/aromatic N) is 1. The molecule has 0 aliphatic heterocycles. The molecule has 1 heterocycles. The summed E-state index contributed by atoms with van der Waals surface area (Å²) in [7, 11) is 0. The largest absolute Gasteiger partial charge is 0.351 e. The maximum absolute atomic E-state index is 12.2. The molecule has 0 unspecified atom stereocenters. The summed E-state index contributed by atoms with van der Waals surface area (Å²) in [5.74, 6) is -0.00188. The van der Waals surface area contributed by atoms with E-state index in [0.29, 0.717) is 18.2 Å². The van der Waals surface area contributed by atoms with E-state index in [1.165, 1.54) is 38.5 Å². The van der Waals surface area contributed by atoms with Crippen molar-refractivity contribution in [3.8, 4) is 0 Å². The Balaban J connectivity index is 1.43. The summed E-state index contributed by atoms with van der Waals surface area (Å²) < 4.78 is 1.06. The van der Waals surface area contributed by atoms with E-state index in [1.54, 1.807) is 11.3 Å². The fraction of sp³-hybridized carbons (Fsp3) is 0.529. The first-order chi connectivity index (χ1) is 10.8. The lowest BCUT2D eigenvalue weighted by molar-refractivity contribution is 0.0953. The quantitative estimate of drug-likeness (QED) is 0.657. The minimum Gasteiger partial charge on any atom is -0.351 e. The van der Waals surface area contributed by atoms with Crippen molar-refractivity contribution in [2.75, 3.05) is 13.1 Å². The monoisotopic (exact) mass is 317 g/mol. The summed E-state index contributed by atoms with van der Waals surface area (Å²) in [6, 6.07) is 6.30. The molecule has 1 saturated carbocycles. The molecule has 1 amide bonds. The lowest BCUT2D eigenvalue weighted by Crippen LogP contribution is -2.36. The Bertz CT molecular complexity index is 617. The van der Waals surface area contributed by atoms with Crippen LogP contribution in [-0.2, 0) is 0 Å². The van der Waals surface area contributed by atoms with Gasteiger partial charge in [0, 0.05) is 24.7 Å². The van der Waals surface area contributed by atoms with E-state index in [0.717, 1.165) is 16.8 Å². The SMILES string of the molecule is O=C(NCCNC1CCCCCC1)c1ccc2ncsc2c1. The van der Waals surface area contributed by atoms with E-state index in [-0.39, 0.29) is 5.91 Å². The lowest BCUT2D eigenvalue weighted by atomic mass is 10.1. The normalized spacial score (nSPS) is 16.5. The molecule has 0 radical (unpaired) electrons. The van der Waals surface area contributed by atoms with Crippen LogP contribution in [0.2, 0.25) is 0 Å². The molecular weight excluding hydrogens is 294 g/mol. The van der Waals surface area contributed by atoms with Crippen LogP contribution in [0, 0.1) is 0 Å². The average molecular weight is 317 g/mol. The summed E-state index contributed by atoms with van der Waals surface area (Å²) in [4.78, 5) is 16.4. The number of carbonyl (C=O) groups excluding carboxylic acids is 1. The second-order valence-corrected chi connectivity index (χ2v) is 6.82. The number of hydrogen-bond acceptors (Lipinski definition) is 4. The molecule has 1 aliphatic rings. The van der Waals surface area contributed by atoms with Gasteiger partial charge in [0.1, 0.15) is 0 Å². The van der Waals surface area contributed by atoms with Gasteiger partial charge in [-0.3, -0.25) is 4.79 Å². The summed E-state index contributed by atoms with van der Waals surface area (Å²) in [5.41, 5.74) is 3.48. The Morgan fingerprint density at radius 3 is 2.82 bits per heavy atom. The fourth-order valence-corrected chi connectivity index (χ4v) is 3.75. The maximum atomic E-state index is 12.2. The summed E-state index contributed by atoms with van der Waals surface area (Å²) in [5, 5.41) is 6.57. The first-order valence-electron chi connectivity index (χ1n) is 8.18. The summed E-state index contributed by atoms with van der Waals surface area (Å²) >= 11 is 1.56. The van der Waals surface area contributed by atoms with Crippen LogP contribution in [0.4, 0.5) is 0 Å². The van der Waals surface area contributed by atoms with Gasteiger partial charge >= 0.3 is 0 Å². The first kappa shape index (κ1) is 15.4. The number of benzene rings is 1. The van der Waals surface area contributed by atoms with E-state index >= 15 is 0 Å². The first-order valence-corrected chi connectivity index (χ1v) is 9.06. The van der Waals surface area contributed by atoms with E-state index in [1.807, 2.05) is 23.7 Å². The predicted octanol–water partition coefficient (Wildman–Crippen LogP) is 3.34. The number of carbonyl (C=O) groups is 1. The van der Waals surface area contributed by atoms with Gasteiger partial charge in [-0.1, -0.05) is 25.7 Å². The second-order valence-electron chi connectivity index (χ2n) is 5.93. The second kappa shape index (κ2) is 7.70. The molecule has 1 aliphatic carbocycles. The third-order valence-corrected chi connectivity index (χ3v) is 5.08. The number of aromatic nitrogens is 1. The van der Waals surface area contributed by atoms with Crippen LogP contribution in [0.1, 0.15) is 48.9 Å². The van der Waals surface area contributed by atoms with Gasteiger partial charge < -0.3 is 10.6 Å². The predicted molar refractivity (Wildman–Crippen MR) is 91.4 cm³/mol. The van der Waals surface area contributed by atoms with Crippen LogP contribution in [0.15, 0.2) is 23.7 Å². The van der Waals surface area contributed by atoms with Crippen molar-refractivity contribution < 1.29 is 4.79 Å². The minimum absolute atomic E-state index is 0.00188. The Morgan fingerprint density at radius 2 is 2.00 bits per heavy atom. The van der Waals surface area contributed by atoms with Crippen molar-refractivity contribution in [3.05, 3.63) is 29.3 Å². The summed E-state index contributed by atoms with van der Waals surface area (Å²) in [6.45, 7) is 1.52. The summed E-state index contributed by atoms with van der Waals surface area (Å²) in [6.07, 6.45) is 7.95. The van der Waals surface area contributed by atoms with Crippen molar-refractivity contribution in [1.29, 1.82) is 0 Å². The van der Waals surface area contributed by atoms with Crippen LogP contribution >= 0.6 is 11.3 Å². The Kier molecular flexibility index (Phi) is 5.40. The van der Waals surface area contributed by atoms with Gasteiger partial charge in [-0.25, -0.2) is 4.98 Å². The smallest absolute Gasteiger partial charge is 0.251 e. The average Bonchev–Trinajstić information content (AvgIpc) is 2.85. The molecular formula is C17H23N3OS.